The lowest BCUT2D eigenvalue weighted by Crippen LogP contribution is -2.07. The molecule has 58 valence electrons. The van der Waals surface area contributed by atoms with Crippen LogP contribution in [0.4, 0.5) is 0 Å². The second kappa shape index (κ2) is 3.42. The molecule has 11 heavy (non-hydrogen) atoms. The van der Waals surface area contributed by atoms with Crippen molar-refractivity contribution in [1.29, 1.82) is 0 Å². The lowest BCUT2D eigenvalue weighted by Gasteiger charge is -2.13. The van der Waals surface area contributed by atoms with Crippen LogP contribution in [-0.4, -0.2) is 5.71 Å². The Balaban J connectivity index is 2.77. The molecule has 0 bridgehead atoms. The molecule has 0 heterocycles. The van der Waals surface area contributed by atoms with Crippen molar-refractivity contribution in [2.75, 3.05) is 0 Å². The third kappa shape index (κ3) is 1.53. The fourth-order valence-corrected chi connectivity index (χ4v) is 1.22. The molecular formula is C10H13N. The Morgan fingerprint density at radius 1 is 1.18 bits per heavy atom. The van der Waals surface area contributed by atoms with Crippen LogP contribution in [0.25, 0.3) is 5.41 Å². The van der Waals surface area contributed by atoms with Crippen LogP contribution >= 0.6 is 0 Å². The molecule has 0 aromatic heterocycles. The maximum absolute atomic E-state index is 9.59. The molecular weight excluding hydrogens is 134 g/mol. The highest BCUT2D eigenvalue weighted by Crippen LogP contribution is 2.19. The van der Waals surface area contributed by atoms with E-state index in [2.05, 4.69) is 13.8 Å². The molecule has 0 unspecified atom stereocenters. The van der Waals surface area contributed by atoms with Gasteiger partial charge in [0.2, 0.25) is 0 Å². The molecule has 0 saturated carbocycles. The number of hydrogen-bond donors (Lipinski definition) is 0. The van der Waals surface area contributed by atoms with E-state index in [0.29, 0.717) is 5.71 Å². The molecule has 0 N–H and O–H groups in total. The smallest absolute Gasteiger partial charge is 0.0495 e. The molecule has 0 fully saturated rings. The Hall–Kier alpha value is -0.980. The summed E-state index contributed by atoms with van der Waals surface area (Å²) in [6.07, 6.45) is 7.74. The van der Waals surface area contributed by atoms with Gasteiger partial charge >= 0.3 is 0 Å². The summed E-state index contributed by atoms with van der Waals surface area (Å²) in [5.41, 5.74) is 2.58. The molecule has 0 aliphatic heterocycles. The van der Waals surface area contributed by atoms with Gasteiger partial charge in [-0.2, -0.15) is 0 Å². The van der Waals surface area contributed by atoms with Gasteiger partial charge in [-0.05, 0) is 19.6 Å². The largest absolute Gasteiger partial charge is 0.778 e. The third-order valence-electron chi connectivity index (χ3n) is 1.96. The minimum Gasteiger partial charge on any atom is -0.778 e. The first-order valence-electron chi connectivity index (χ1n) is 4.09. The Bertz CT molecular complexity index is 199. The summed E-state index contributed by atoms with van der Waals surface area (Å²) < 4.78 is 0. The van der Waals surface area contributed by atoms with Gasteiger partial charge in [0.15, 0.2) is 0 Å². The van der Waals surface area contributed by atoms with E-state index >= 15 is 0 Å². The van der Waals surface area contributed by atoms with E-state index in [-0.39, 0.29) is 0 Å². The zero-order valence-corrected chi connectivity index (χ0v) is 7.09. The first-order chi connectivity index (χ1) is 5.29. The second-order valence-electron chi connectivity index (χ2n) is 2.63. The summed E-state index contributed by atoms with van der Waals surface area (Å²) >= 11 is 0. The minimum atomic E-state index is 0.484. The van der Waals surface area contributed by atoms with E-state index in [4.69, 9.17) is 0 Å². The summed E-state index contributed by atoms with van der Waals surface area (Å²) in [6, 6.07) is 0. The Morgan fingerprint density at radius 2 is 1.64 bits per heavy atom. The zero-order chi connectivity index (χ0) is 8.27. The Labute approximate surface area is 68.3 Å². The number of nitrogens with zero attached hydrogens (tertiary/aromatic N) is 1. The van der Waals surface area contributed by atoms with Crippen LogP contribution in [0.5, 0.6) is 0 Å². The van der Waals surface area contributed by atoms with E-state index in [1.54, 1.807) is 0 Å². The fraction of sp³-hybridized carbons (Fsp3) is 0.400. The van der Waals surface area contributed by atoms with Crippen LogP contribution in [0.1, 0.15) is 26.7 Å². The van der Waals surface area contributed by atoms with Gasteiger partial charge in [-0.25, -0.2) is 0 Å². The SMILES string of the molecule is CCC1=C[CH+]C=C(CC)C1=[N-]. The van der Waals surface area contributed by atoms with Gasteiger partial charge in [0.25, 0.3) is 0 Å². The lowest BCUT2D eigenvalue weighted by atomic mass is 9.93. The first-order valence-corrected chi connectivity index (χ1v) is 4.09. The maximum atomic E-state index is 9.59. The Morgan fingerprint density at radius 3 is 2.00 bits per heavy atom. The molecule has 0 atom stereocenters. The molecule has 0 aromatic carbocycles. The first kappa shape index (κ1) is 8.12. The number of hydrogen-bond acceptors (Lipinski definition) is 0. The van der Waals surface area contributed by atoms with Crippen molar-refractivity contribution >= 4 is 5.71 Å². The molecule has 1 nitrogen and oxygen atoms in total. The number of rotatable bonds is 2. The quantitative estimate of drug-likeness (QED) is 0.536. The van der Waals surface area contributed by atoms with Crippen molar-refractivity contribution in [2.45, 2.75) is 26.7 Å². The summed E-state index contributed by atoms with van der Waals surface area (Å²) in [7, 11) is 0. The molecule has 1 aliphatic rings. The highest BCUT2D eigenvalue weighted by Gasteiger charge is 2.12. The van der Waals surface area contributed by atoms with Crippen LogP contribution in [0.15, 0.2) is 23.3 Å². The van der Waals surface area contributed by atoms with Gasteiger partial charge in [-0.3, -0.25) is 0 Å². The molecule has 0 amide bonds. The lowest BCUT2D eigenvalue weighted by molar-refractivity contribution is 1.12. The van der Waals surface area contributed by atoms with Crippen molar-refractivity contribution in [3.8, 4) is 0 Å². The average molecular weight is 147 g/mol. The van der Waals surface area contributed by atoms with Crippen molar-refractivity contribution in [2.24, 2.45) is 0 Å². The molecule has 0 spiro atoms. The van der Waals surface area contributed by atoms with Crippen molar-refractivity contribution in [1.82, 2.24) is 0 Å². The summed E-state index contributed by atoms with van der Waals surface area (Å²) in [5, 5.41) is 9.59. The monoisotopic (exact) mass is 147 g/mol. The normalized spacial score (nSPS) is 17.1. The Kier molecular flexibility index (Phi) is 2.53. The van der Waals surface area contributed by atoms with Crippen LogP contribution in [0.2, 0.25) is 0 Å². The van der Waals surface area contributed by atoms with Gasteiger partial charge in [0.05, 0.1) is 0 Å². The predicted molar refractivity (Wildman–Crippen MR) is 49.4 cm³/mol. The molecule has 1 aliphatic carbocycles. The van der Waals surface area contributed by atoms with Crippen LogP contribution in [-0.2, 0) is 0 Å². The average Bonchev–Trinajstić information content (AvgIpc) is 2.05. The molecule has 0 aromatic rings. The van der Waals surface area contributed by atoms with Gasteiger partial charge < -0.3 is 5.41 Å². The summed E-state index contributed by atoms with van der Waals surface area (Å²) in [5.74, 6) is 0. The van der Waals surface area contributed by atoms with Crippen molar-refractivity contribution < 1.29 is 0 Å². The zero-order valence-electron chi connectivity index (χ0n) is 7.09. The maximum Gasteiger partial charge on any atom is 0.0495 e. The highest BCUT2D eigenvalue weighted by molar-refractivity contribution is 6.15. The van der Waals surface area contributed by atoms with E-state index in [0.717, 1.165) is 24.0 Å². The summed E-state index contributed by atoms with van der Waals surface area (Å²) in [6.45, 7) is 4.10. The topological polar surface area (TPSA) is 22.3 Å². The van der Waals surface area contributed by atoms with E-state index in [1.807, 2.05) is 18.6 Å². The van der Waals surface area contributed by atoms with Crippen LogP contribution in [0, 0.1) is 6.42 Å². The van der Waals surface area contributed by atoms with Crippen molar-refractivity contribution in [3.63, 3.8) is 0 Å². The van der Waals surface area contributed by atoms with Crippen LogP contribution in [0.3, 0.4) is 0 Å². The summed E-state index contributed by atoms with van der Waals surface area (Å²) in [4.78, 5) is 0. The van der Waals surface area contributed by atoms with E-state index in [1.165, 1.54) is 0 Å². The highest BCUT2D eigenvalue weighted by atomic mass is 14.4. The van der Waals surface area contributed by atoms with Gasteiger partial charge in [-0.15, -0.1) is 0 Å². The molecule has 0 radical (unpaired) electrons. The minimum absolute atomic E-state index is 0.484. The van der Waals surface area contributed by atoms with E-state index in [9.17, 15) is 5.41 Å². The van der Waals surface area contributed by atoms with Gasteiger partial charge in [0.1, 0.15) is 0 Å². The van der Waals surface area contributed by atoms with Gasteiger partial charge in [0, 0.05) is 42.6 Å². The predicted octanol–water partition coefficient (Wildman–Crippen LogP) is 2.89. The molecule has 0 saturated heterocycles. The standard InChI is InChI=1S/C10H13N/c1-3-8-6-5-7-9(4-2)10(8)11/h5-7H,3-4H2,1-2H3. The molecule has 1 heteroatoms. The second-order valence-corrected chi connectivity index (χ2v) is 2.63. The molecule has 1 rings (SSSR count). The fourth-order valence-electron chi connectivity index (χ4n) is 1.22. The van der Waals surface area contributed by atoms with Gasteiger partial charge in [-0.1, -0.05) is 0 Å². The van der Waals surface area contributed by atoms with E-state index < -0.39 is 0 Å². The third-order valence-corrected chi connectivity index (χ3v) is 1.96. The number of allylic oxidation sites excluding steroid dienone is 4. The van der Waals surface area contributed by atoms with Crippen molar-refractivity contribution in [3.05, 3.63) is 35.1 Å². The van der Waals surface area contributed by atoms with Crippen LogP contribution < -0.4 is 0 Å².